The van der Waals surface area contributed by atoms with Crippen LogP contribution in [0.4, 0.5) is 10.5 Å². The Balaban J connectivity index is 1.81. The molecule has 2 rings (SSSR count). The molecule has 0 aliphatic heterocycles. The number of rotatable bonds is 6. The van der Waals surface area contributed by atoms with Gasteiger partial charge in [0, 0.05) is 30.5 Å². The van der Waals surface area contributed by atoms with Gasteiger partial charge in [0.25, 0.3) is 0 Å². The van der Waals surface area contributed by atoms with Gasteiger partial charge in [0.05, 0.1) is 12.3 Å². The Morgan fingerprint density at radius 3 is 2.52 bits per heavy atom. The van der Waals surface area contributed by atoms with Gasteiger partial charge in [0.15, 0.2) is 5.82 Å². The molecule has 1 amide bonds. The van der Waals surface area contributed by atoms with Crippen LogP contribution in [0.25, 0.3) is 11.4 Å². The average Bonchev–Trinajstić information content (AvgIpc) is 2.58. The number of hydrogen-bond donors (Lipinski definition) is 3. The Labute approximate surface area is 147 Å². The molecule has 134 valence electrons. The molecule has 0 aliphatic carbocycles. The van der Waals surface area contributed by atoms with Crippen molar-refractivity contribution >= 4 is 11.8 Å². The summed E-state index contributed by atoms with van der Waals surface area (Å²) in [4.78, 5) is 20.0. The first-order valence-corrected chi connectivity index (χ1v) is 8.11. The van der Waals surface area contributed by atoms with Crippen LogP contribution in [0.5, 0.6) is 0 Å². The Kier molecular flexibility index (Phi) is 6.30. The number of carbonyl (C=O) groups excluding carboxylic acids is 1. The predicted octanol–water partition coefficient (Wildman–Crippen LogP) is 2.57. The molecule has 0 bridgehead atoms. The highest BCUT2D eigenvalue weighted by molar-refractivity contribution is 5.67. The maximum atomic E-state index is 11.5. The SMILES string of the molecule is CC(C)(C)OC(=O)NCCNc1ccc(-c2nccc(CO)n2)cc1. The van der Waals surface area contributed by atoms with E-state index in [1.54, 1.807) is 12.3 Å². The van der Waals surface area contributed by atoms with Crippen LogP contribution < -0.4 is 10.6 Å². The molecule has 25 heavy (non-hydrogen) atoms. The molecule has 1 heterocycles. The van der Waals surface area contributed by atoms with Gasteiger partial charge in [-0.25, -0.2) is 14.8 Å². The minimum atomic E-state index is -0.497. The smallest absolute Gasteiger partial charge is 0.407 e. The van der Waals surface area contributed by atoms with E-state index in [1.165, 1.54) is 0 Å². The van der Waals surface area contributed by atoms with Gasteiger partial charge in [-0.15, -0.1) is 0 Å². The summed E-state index contributed by atoms with van der Waals surface area (Å²) < 4.78 is 5.16. The number of aliphatic hydroxyl groups excluding tert-OH is 1. The van der Waals surface area contributed by atoms with E-state index in [0.29, 0.717) is 24.6 Å². The van der Waals surface area contributed by atoms with Crippen molar-refractivity contribution < 1.29 is 14.6 Å². The summed E-state index contributed by atoms with van der Waals surface area (Å²) in [7, 11) is 0. The zero-order chi connectivity index (χ0) is 18.3. The lowest BCUT2D eigenvalue weighted by atomic mass is 10.2. The maximum Gasteiger partial charge on any atom is 0.407 e. The second-order valence-electron chi connectivity index (χ2n) is 6.46. The number of alkyl carbamates (subject to hydrolysis) is 1. The van der Waals surface area contributed by atoms with E-state index >= 15 is 0 Å². The number of amides is 1. The lowest BCUT2D eigenvalue weighted by Gasteiger charge is -2.19. The highest BCUT2D eigenvalue weighted by atomic mass is 16.6. The first-order valence-electron chi connectivity index (χ1n) is 8.11. The molecule has 0 fully saturated rings. The van der Waals surface area contributed by atoms with Crippen LogP contribution in [0.3, 0.4) is 0 Å². The van der Waals surface area contributed by atoms with Crippen LogP contribution in [0.2, 0.25) is 0 Å². The van der Waals surface area contributed by atoms with Gasteiger partial charge in [-0.05, 0) is 51.1 Å². The van der Waals surface area contributed by atoms with Crippen molar-refractivity contribution in [2.45, 2.75) is 33.0 Å². The number of aliphatic hydroxyl groups is 1. The summed E-state index contributed by atoms with van der Waals surface area (Å²) in [5, 5.41) is 15.0. The van der Waals surface area contributed by atoms with E-state index in [2.05, 4.69) is 20.6 Å². The van der Waals surface area contributed by atoms with E-state index in [0.717, 1.165) is 11.3 Å². The molecule has 0 radical (unpaired) electrons. The zero-order valence-electron chi connectivity index (χ0n) is 14.7. The number of ether oxygens (including phenoxy) is 1. The summed E-state index contributed by atoms with van der Waals surface area (Å²) in [6.45, 7) is 6.40. The second-order valence-corrected chi connectivity index (χ2v) is 6.46. The third-order valence-corrected chi connectivity index (χ3v) is 3.14. The molecule has 0 spiro atoms. The summed E-state index contributed by atoms with van der Waals surface area (Å²) in [6, 6.07) is 9.31. The van der Waals surface area contributed by atoms with Crippen molar-refractivity contribution in [2.75, 3.05) is 18.4 Å². The quantitative estimate of drug-likeness (QED) is 0.697. The van der Waals surface area contributed by atoms with E-state index in [-0.39, 0.29) is 6.61 Å². The van der Waals surface area contributed by atoms with Crippen molar-refractivity contribution in [1.29, 1.82) is 0 Å². The Morgan fingerprint density at radius 2 is 1.88 bits per heavy atom. The monoisotopic (exact) mass is 344 g/mol. The van der Waals surface area contributed by atoms with Crippen molar-refractivity contribution in [3.8, 4) is 11.4 Å². The number of benzene rings is 1. The van der Waals surface area contributed by atoms with Crippen molar-refractivity contribution in [1.82, 2.24) is 15.3 Å². The van der Waals surface area contributed by atoms with E-state index < -0.39 is 11.7 Å². The summed E-state index contributed by atoms with van der Waals surface area (Å²) in [6.07, 6.45) is 1.20. The summed E-state index contributed by atoms with van der Waals surface area (Å²) >= 11 is 0. The van der Waals surface area contributed by atoms with Crippen LogP contribution in [0.1, 0.15) is 26.5 Å². The lowest BCUT2D eigenvalue weighted by molar-refractivity contribution is 0.0530. The van der Waals surface area contributed by atoms with Crippen LogP contribution in [-0.4, -0.2) is 39.9 Å². The Hall–Kier alpha value is -2.67. The van der Waals surface area contributed by atoms with Crippen LogP contribution in [0.15, 0.2) is 36.5 Å². The highest BCUT2D eigenvalue weighted by Gasteiger charge is 2.15. The van der Waals surface area contributed by atoms with Crippen molar-refractivity contribution in [2.24, 2.45) is 0 Å². The summed E-state index contributed by atoms with van der Waals surface area (Å²) in [5.41, 5.74) is 1.88. The minimum absolute atomic E-state index is 0.111. The molecule has 1 aromatic heterocycles. The number of nitrogens with zero attached hydrogens (tertiary/aromatic N) is 2. The first kappa shape index (κ1) is 18.7. The number of hydrogen-bond acceptors (Lipinski definition) is 6. The molecule has 1 aromatic carbocycles. The van der Waals surface area contributed by atoms with Crippen LogP contribution in [-0.2, 0) is 11.3 Å². The van der Waals surface area contributed by atoms with E-state index in [4.69, 9.17) is 9.84 Å². The van der Waals surface area contributed by atoms with Gasteiger partial charge in [-0.2, -0.15) is 0 Å². The molecular formula is C18H24N4O3. The number of carbonyl (C=O) groups is 1. The molecule has 0 atom stereocenters. The number of aromatic nitrogens is 2. The predicted molar refractivity (Wildman–Crippen MR) is 96.1 cm³/mol. The molecule has 7 heteroatoms. The maximum absolute atomic E-state index is 11.5. The summed E-state index contributed by atoms with van der Waals surface area (Å²) in [5.74, 6) is 0.574. The topological polar surface area (TPSA) is 96.4 Å². The number of anilines is 1. The lowest BCUT2D eigenvalue weighted by Crippen LogP contribution is -2.34. The second kappa shape index (κ2) is 8.43. The molecule has 7 nitrogen and oxygen atoms in total. The van der Waals surface area contributed by atoms with Gasteiger partial charge < -0.3 is 20.5 Å². The van der Waals surface area contributed by atoms with E-state index in [9.17, 15) is 4.79 Å². The molecule has 2 aromatic rings. The molecule has 3 N–H and O–H groups in total. The average molecular weight is 344 g/mol. The highest BCUT2D eigenvalue weighted by Crippen LogP contribution is 2.18. The third kappa shape index (κ3) is 6.39. The zero-order valence-corrected chi connectivity index (χ0v) is 14.7. The molecule has 0 saturated heterocycles. The van der Waals surface area contributed by atoms with Gasteiger partial charge in [-0.3, -0.25) is 0 Å². The van der Waals surface area contributed by atoms with E-state index in [1.807, 2.05) is 45.0 Å². The first-order chi connectivity index (χ1) is 11.9. The fraction of sp³-hybridized carbons (Fsp3) is 0.389. The van der Waals surface area contributed by atoms with Crippen molar-refractivity contribution in [3.63, 3.8) is 0 Å². The van der Waals surface area contributed by atoms with Crippen LogP contribution in [0, 0.1) is 0 Å². The van der Waals surface area contributed by atoms with Gasteiger partial charge in [0.2, 0.25) is 0 Å². The minimum Gasteiger partial charge on any atom is -0.444 e. The molecule has 0 saturated carbocycles. The van der Waals surface area contributed by atoms with Crippen LogP contribution >= 0.6 is 0 Å². The molecular weight excluding hydrogens is 320 g/mol. The van der Waals surface area contributed by atoms with Gasteiger partial charge >= 0.3 is 6.09 Å². The molecule has 0 aliphatic rings. The standard InChI is InChI=1S/C18H24N4O3/c1-18(2,3)25-17(24)21-11-10-19-14-6-4-13(5-7-14)16-20-9-8-15(12-23)22-16/h4-9,19,23H,10-12H2,1-3H3,(H,21,24). The van der Waals surface area contributed by atoms with Crippen molar-refractivity contribution in [3.05, 3.63) is 42.2 Å². The normalized spacial score (nSPS) is 11.0. The fourth-order valence-electron chi connectivity index (χ4n) is 2.05. The fourth-order valence-corrected chi connectivity index (χ4v) is 2.05. The molecule has 0 unspecified atom stereocenters. The van der Waals surface area contributed by atoms with Gasteiger partial charge in [-0.1, -0.05) is 0 Å². The number of nitrogens with one attached hydrogen (secondary N) is 2. The Bertz CT molecular complexity index is 696. The third-order valence-electron chi connectivity index (χ3n) is 3.14. The van der Waals surface area contributed by atoms with Gasteiger partial charge in [0.1, 0.15) is 5.60 Å². The Morgan fingerprint density at radius 1 is 1.16 bits per heavy atom. The largest absolute Gasteiger partial charge is 0.444 e.